The Balaban J connectivity index is 1.29. The number of carbonyl (C=O) groups is 4. The van der Waals surface area contributed by atoms with Gasteiger partial charge in [0.15, 0.2) is 0 Å². The molecule has 3 aromatic rings. The molecule has 0 radical (unpaired) electrons. The summed E-state index contributed by atoms with van der Waals surface area (Å²) in [6.45, 7) is 0. The Labute approximate surface area is 230 Å². The number of benzene rings is 3. The van der Waals surface area contributed by atoms with Crippen LogP contribution in [-0.4, -0.2) is 35.9 Å². The van der Waals surface area contributed by atoms with Crippen molar-refractivity contribution in [1.82, 2.24) is 10.7 Å². The van der Waals surface area contributed by atoms with Crippen molar-refractivity contribution < 1.29 is 23.9 Å². The van der Waals surface area contributed by atoms with Gasteiger partial charge < -0.3 is 15.4 Å². The number of ether oxygens (including phenoxy) is 1. The van der Waals surface area contributed by atoms with E-state index in [1.54, 1.807) is 72.8 Å². The summed E-state index contributed by atoms with van der Waals surface area (Å²) in [5.74, 6) is -2.55. The van der Waals surface area contributed by atoms with E-state index < -0.39 is 17.8 Å². The van der Waals surface area contributed by atoms with E-state index in [2.05, 4.69) is 21.2 Å². The third kappa shape index (κ3) is 7.75. The normalized spacial score (nSPS) is 13.5. The Morgan fingerprint density at radius 3 is 2.21 bits per heavy atom. The number of rotatable bonds is 7. The molecule has 1 fully saturated rings. The first-order valence-corrected chi connectivity index (χ1v) is 12.9. The maximum atomic E-state index is 12.8. The molecule has 3 N–H and O–H groups in total. The second-order valence-corrected chi connectivity index (χ2v) is 9.35. The van der Waals surface area contributed by atoms with Crippen LogP contribution in [-0.2, 0) is 9.59 Å². The number of nitrogens with one attached hydrogen (secondary N) is 3. The lowest BCUT2D eigenvalue weighted by molar-refractivity contribution is -0.136. The average Bonchev–Trinajstić information content (AvgIpc) is 2.95. The maximum absolute atomic E-state index is 12.8. The molecule has 0 atom stereocenters. The number of para-hydroxylation sites is 1. The second kappa shape index (κ2) is 13.3. The van der Waals surface area contributed by atoms with Crippen LogP contribution >= 0.6 is 11.6 Å². The minimum atomic E-state index is -1.00. The van der Waals surface area contributed by atoms with E-state index in [0.717, 1.165) is 25.7 Å². The van der Waals surface area contributed by atoms with Crippen molar-refractivity contribution in [2.24, 2.45) is 5.10 Å². The van der Waals surface area contributed by atoms with E-state index in [9.17, 15) is 19.2 Å². The Kier molecular flexibility index (Phi) is 9.42. The zero-order chi connectivity index (χ0) is 27.6. The molecule has 0 saturated heterocycles. The molecule has 0 aliphatic heterocycles. The van der Waals surface area contributed by atoms with Crippen LogP contribution in [0.25, 0.3) is 0 Å². The Hall–Kier alpha value is -4.50. The second-order valence-electron chi connectivity index (χ2n) is 8.95. The van der Waals surface area contributed by atoms with Gasteiger partial charge in [-0.05, 0) is 66.9 Å². The third-order valence-electron chi connectivity index (χ3n) is 6.13. The molecule has 3 amide bonds. The van der Waals surface area contributed by atoms with Crippen molar-refractivity contribution >= 4 is 47.2 Å². The molecule has 0 bridgehead atoms. The molecule has 0 aromatic heterocycles. The zero-order valence-corrected chi connectivity index (χ0v) is 21.7. The highest BCUT2D eigenvalue weighted by molar-refractivity contribution is 6.40. The van der Waals surface area contributed by atoms with E-state index >= 15 is 0 Å². The fourth-order valence-electron chi connectivity index (χ4n) is 4.11. The maximum Gasteiger partial charge on any atom is 0.345 e. The topological polar surface area (TPSA) is 126 Å². The quantitative estimate of drug-likeness (QED) is 0.130. The van der Waals surface area contributed by atoms with Crippen LogP contribution in [0.4, 0.5) is 5.69 Å². The van der Waals surface area contributed by atoms with Gasteiger partial charge in [-0.1, -0.05) is 55.1 Å². The highest BCUT2D eigenvalue weighted by Gasteiger charge is 2.21. The molecule has 3 aromatic carbocycles. The van der Waals surface area contributed by atoms with Crippen molar-refractivity contribution in [3.63, 3.8) is 0 Å². The van der Waals surface area contributed by atoms with Crippen LogP contribution in [0.2, 0.25) is 5.02 Å². The molecule has 0 unspecified atom stereocenters. The van der Waals surface area contributed by atoms with Gasteiger partial charge >= 0.3 is 17.8 Å². The molecule has 9 nitrogen and oxygen atoms in total. The summed E-state index contributed by atoms with van der Waals surface area (Å²) in [5, 5.41) is 9.57. The zero-order valence-electron chi connectivity index (χ0n) is 21.0. The van der Waals surface area contributed by atoms with Crippen LogP contribution < -0.4 is 20.8 Å². The van der Waals surface area contributed by atoms with Crippen molar-refractivity contribution in [2.45, 2.75) is 38.1 Å². The number of halogens is 1. The van der Waals surface area contributed by atoms with E-state index in [-0.39, 0.29) is 33.8 Å². The highest BCUT2D eigenvalue weighted by atomic mass is 35.5. The largest absolute Gasteiger partial charge is 0.423 e. The molecule has 10 heteroatoms. The molecule has 1 aliphatic carbocycles. The van der Waals surface area contributed by atoms with Crippen LogP contribution in [0.15, 0.2) is 77.9 Å². The summed E-state index contributed by atoms with van der Waals surface area (Å²) in [5.41, 5.74) is 3.50. The number of hydrogen-bond acceptors (Lipinski definition) is 6. The van der Waals surface area contributed by atoms with Gasteiger partial charge in [0.1, 0.15) is 5.75 Å². The summed E-state index contributed by atoms with van der Waals surface area (Å²) in [7, 11) is 0. The number of esters is 1. The molecule has 0 spiro atoms. The third-order valence-corrected chi connectivity index (χ3v) is 6.46. The first-order valence-electron chi connectivity index (χ1n) is 12.5. The van der Waals surface area contributed by atoms with Crippen LogP contribution in [0.5, 0.6) is 5.75 Å². The molecule has 1 aliphatic rings. The van der Waals surface area contributed by atoms with E-state index in [0.29, 0.717) is 11.3 Å². The van der Waals surface area contributed by atoms with Crippen molar-refractivity contribution in [1.29, 1.82) is 0 Å². The van der Waals surface area contributed by atoms with Crippen molar-refractivity contribution in [3.05, 3.63) is 94.5 Å². The molecular formula is C29H27ClN4O5. The molecule has 4 rings (SSSR count). The number of nitrogens with zero attached hydrogens (tertiary/aromatic N) is 1. The number of hydrazone groups is 1. The summed E-state index contributed by atoms with van der Waals surface area (Å²) in [4.78, 5) is 49.7. The standard InChI is InChI=1S/C29H27ClN4O5/c30-24-12-6-4-10-22(24)29(38)39-21-16-14-19(15-17-21)18-31-34-28(37)27(36)33-25-13-7-5-11-23(25)26(35)32-20-8-2-1-3-9-20/h4-7,10-18,20H,1-3,8-9H2,(H,32,35)(H,33,36)(H,34,37)/b31-18+. The van der Waals surface area contributed by atoms with E-state index in [4.69, 9.17) is 16.3 Å². The van der Waals surface area contributed by atoms with Crippen LogP contribution in [0.3, 0.4) is 0 Å². The number of anilines is 1. The lowest BCUT2D eigenvalue weighted by Crippen LogP contribution is -2.37. The van der Waals surface area contributed by atoms with Gasteiger partial charge in [0.2, 0.25) is 0 Å². The van der Waals surface area contributed by atoms with Gasteiger partial charge in [-0.15, -0.1) is 0 Å². The van der Waals surface area contributed by atoms with Gasteiger partial charge in [0.25, 0.3) is 5.91 Å². The molecule has 200 valence electrons. The Morgan fingerprint density at radius 2 is 1.49 bits per heavy atom. The first-order chi connectivity index (χ1) is 18.9. The van der Waals surface area contributed by atoms with Gasteiger partial charge in [-0.25, -0.2) is 10.2 Å². The van der Waals surface area contributed by atoms with Gasteiger partial charge in [0, 0.05) is 6.04 Å². The van der Waals surface area contributed by atoms with Gasteiger partial charge in [-0.3, -0.25) is 14.4 Å². The summed E-state index contributed by atoms with van der Waals surface area (Å²) in [6.07, 6.45) is 6.50. The predicted octanol–water partition coefficient (Wildman–Crippen LogP) is 4.71. The Morgan fingerprint density at radius 1 is 0.821 bits per heavy atom. The van der Waals surface area contributed by atoms with Crippen LogP contribution in [0, 0.1) is 0 Å². The lowest BCUT2D eigenvalue weighted by atomic mass is 9.95. The van der Waals surface area contributed by atoms with Gasteiger partial charge in [0.05, 0.1) is 28.1 Å². The summed E-state index contributed by atoms with van der Waals surface area (Å²) >= 11 is 6.02. The fourth-order valence-corrected chi connectivity index (χ4v) is 4.32. The molecule has 39 heavy (non-hydrogen) atoms. The SMILES string of the molecule is O=C(N/N=C/c1ccc(OC(=O)c2ccccc2Cl)cc1)C(=O)Nc1ccccc1C(=O)NC1CCCCC1. The van der Waals surface area contributed by atoms with E-state index in [1.807, 2.05) is 0 Å². The van der Waals surface area contributed by atoms with E-state index in [1.165, 1.54) is 12.6 Å². The average molecular weight is 547 g/mol. The van der Waals surface area contributed by atoms with Gasteiger partial charge in [-0.2, -0.15) is 5.10 Å². The number of hydrogen-bond donors (Lipinski definition) is 3. The molecule has 1 saturated carbocycles. The summed E-state index contributed by atoms with van der Waals surface area (Å²) in [6, 6.07) is 19.5. The minimum absolute atomic E-state index is 0.108. The monoisotopic (exact) mass is 546 g/mol. The first kappa shape index (κ1) is 27.5. The lowest BCUT2D eigenvalue weighted by Gasteiger charge is -2.23. The molecule has 0 heterocycles. The minimum Gasteiger partial charge on any atom is -0.423 e. The smallest absolute Gasteiger partial charge is 0.345 e. The summed E-state index contributed by atoms with van der Waals surface area (Å²) < 4.78 is 5.32. The van der Waals surface area contributed by atoms with Crippen molar-refractivity contribution in [3.8, 4) is 5.75 Å². The number of amides is 3. The number of carbonyl (C=O) groups excluding carboxylic acids is 4. The Bertz CT molecular complexity index is 1380. The predicted molar refractivity (Wildman–Crippen MR) is 148 cm³/mol. The fraction of sp³-hybridized carbons (Fsp3) is 0.207. The highest BCUT2D eigenvalue weighted by Crippen LogP contribution is 2.21. The van der Waals surface area contributed by atoms with Crippen molar-refractivity contribution in [2.75, 3.05) is 5.32 Å². The molecular weight excluding hydrogens is 520 g/mol. The van der Waals surface area contributed by atoms with Crippen LogP contribution in [0.1, 0.15) is 58.4 Å².